The summed E-state index contributed by atoms with van der Waals surface area (Å²) < 4.78 is 10.3. The largest absolute Gasteiger partial charge is 0.459 e. The Morgan fingerprint density at radius 2 is 2.31 bits per heavy atom. The third-order valence-electron chi connectivity index (χ3n) is 2.11. The van der Waals surface area contributed by atoms with Crippen molar-refractivity contribution >= 4 is 0 Å². The first kappa shape index (κ1) is 8.84. The predicted octanol–water partition coefficient (Wildman–Crippen LogP) is 1.42. The molecule has 80 valence electrons. The predicted molar refractivity (Wildman–Crippen MR) is 52.1 cm³/mol. The molecular weight excluding hydrogens is 210 g/mol. The van der Waals surface area contributed by atoms with Gasteiger partial charge in [0.2, 0.25) is 5.82 Å². The topological polar surface area (TPSA) is 93.6 Å². The van der Waals surface area contributed by atoms with Crippen LogP contribution in [0, 0.1) is 6.92 Å². The molecule has 3 rings (SSSR count). The van der Waals surface area contributed by atoms with Crippen LogP contribution in [0.2, 0.25) is 0 Å². The van der Waals surface area contributed by atoms with Gasteiger partial charge in [-0.15, -0.1) is 0 Å². The molecule has 3 aromatic heterocycles. The van der Waals surface area contributed by atoms with Crippen molar-refractivity contribution in [2.75, 3.05) is 0 Å². The first-order valence-corrected chi connectivity index (χ1v) is 4.58. The summed E-state index contributed by atoms with van der Waals surface area (Å²) in [6, 6.07) is 1.83. The molecule has 0 aliphatic carbocycles. The van der Waals surface area contributed by atoms with E-state index in [9.17, 15) is 0 Å². The van der Waals surface area contributed by atoms with Crippen LogP contribution < -0.4 is 0 Å². The van der Waals surface area contributed by atoms with E-state index < -0.39 is 0 Å². The van der Waals surface area contributed by atoms with Crippen LogP contribution in [0.5, 0.6) is 0 Å². The smallest absolute Gasteiger partial charge is 0.294 e. The van der Waals surface area contributed by atoms with Gasteiger partial charge in [-0.3, -0.25) is 5.10 Å². The Hall–Kier alpha value is -2.44. The summed E-state index contributed by atoms with van der Waals surface area (Å²) in [5, 5.41) is 10.1. The molecule has 0 aliphatic heterocycles. The Labute approximate surface area is 89.5 Å². The molecule has 7 nitrogen and oxygen atoms in total. The minimum Gasteiger partial charge on any atom is -0.459 e. The molecule has 0 radical (unpaired) electrons. The Kier molecular flexibility index (Phi) is 1.82. The van der Waals surface area contributed by atoms with Gasteiger partial charge < -0.3 is 8.94 Å². The van der Waals surface area contributed by atoms with Gasteiger partial charge in [-0.25, -0.2) is 4.98 Å². The van der Waals surface area contributed by atoms with Crippen LogP contribution in [0.25, 0.3) is 23.3 Å². The zero-order valence-electron chi connectivity index (χ0n) is 8.34. The molecule has 0 amide bonds. The van der Waals surface area contributed by atoms with E-state index in [-0.39, 0.29) is 0 Å². The van der Waals surface area contributed by atoms with Crippen molar-refractivity contribution in [1.82, 2.24) is 25.3 Å². The third kappa shape index (κ3) is 1.29. The Morgan fingerprint density at radius 3 is 3.00 bits per heavy atom. The van der Waals surface area contributed by atoms with E-state index in [1.54, 1.807) is 6.26 Å². The molecule has 0 fully saturated rings. The number of furan rings is 1. The number of aryl methyl sites for hydroxylation is 1. The van der Waals surface area contributed by atoms with Crippen LogP contribution in [0.15, 0.2) is 27.6 Å². The molecule has 0 unspecified atom stereocenters. The van der Waals surface area contributed by atoms with Crippen LogP contribution in [-0.2, 0) is 0 Å². The molecule has 0 saturated heterocycles. The molecule has 7 heteroatoms. The van der Waals surface area contributed by atoms with Gasteiger partial charge in [-0.05, 0) is 13.0 Å². The summed E-state index contributed by atoms with van der Waals surface area (Å²) in [6.45, 7) is 1.90. The zero-order chi connectivity index (χ0) is 11.0. The first-order chi connectivity index (χ1) is 7.84. The molecule has 0 saturated carbocycles. The molecule has 0 aliphatic rings. The van der Waals surface area contributed by atoms with E-state index in [1.807, 2.05) is 13.0 Å². The fourth-order valence-corrected chi connectivity index (χ4v) is 1.32. The molecule has 0 spiro atoms. The Balaban J connectivity index is 2.03. The van der Waals surface area contributed by atoms with E-state index in [1.165, 1.54) is 6.33 Å². The van der Waals surface area contributed by atoms with E-state index in [2.05, 4.69) is 25.3 Å². The lowest BCUT2D eigenvalue weighted by Crippen LogP contribution is -1.83. The highest BCUT2D eigenvalue weighted by atomic mass is 16.5. The van der Waals surface area contributed by atoms with Gasteiger partial charge in [0, 0.05) is 5.56 Å². The summed E-state index contributed by atoms with van der Waals surface area (Å²) in [4.78, 5) is 8.07. The van der Waals surface area contributed by atoms with Crippen molar-refractivity contribution in [3.63, 3.8) is 0 Å². The average Bonchev–Trinajstić information content (AvgIpc) is 2.96. The van der Waals surface area contributed by atoms with Crippen molar-refractivity contribution in [1.29, 1.82) is 0 Å². The number of aromatic amines is 1. The number of nitrogens with zero attached hydrogens (tertiary/aromatic N) is 4. The highest BCUT2D eigenvalue weighted by molar-refractivity contribution is 5.53. The molecule has 3 aromatic rings. The van der Waals surface area contributed by atoms with E-state index >= 15 is 0 Å². The van der Waals surface area contributed by atoms with Crippen LogP contribution in [0.4, 0.5) is 0 Å². The third-order valence-corrected chi connectivity index (χ3v) is 2.11. The fourth-order valence-electron chi connectivity index (χ4n) is 1.32. The van der Waals surface area contributed by atoms with Crippen molar-refractivity contribution in [3.05, 3.63) is 24.2 Å². The van der Waals surface area contributed by atoms with E-state index in [0.29, 0.717) is 23.3 Å². The number of hydrogen-bond acceptors (Lipinski definition) is 6. The lowest BCUT2D eigenvalue weighted by Gasteiger charge is -1.87. The molecule has 1 N–H and O–H groups in total. The maximum absolute atomic E-state index is 5.24. The van der Waals surface area contributed by atoms with Gasteiger partial charge in [0.25, 0.3) is 5.89 Å². The van der Waals surface area contributed by atoms with Crippen LogP contribution in [0.3, 0.4) is 0 Å². The first-order valence-electron chi connectivity index (χ1n) is 4.58. The fraction of sp³-hybridized carbons (Fsp3) is 0.111. The molecule has 0 atom stereocenters. The van der Waals surface area contributed by atoms with Gasteiger partial charge in [-0.2, -0.15) is 10.1 Å². The standard InChI is InChI=1S/C9H7N5O2/c1-5-2-3-15-6(5)9-12-8(14-16-9)7-10-4-11-13-7/h2-4H,1H3,(H,10,11,13). The molecule has 0 aromatic carbocycles. The van der Waals surface area contributed by atoms with Gasteiger partial charge in [0.1, 0.15) is 6.33 Å². The summed E-state index contributed by atoms with van der Waals surface area (Å²) in [5.41, 5.74) is 0.938. The Morgan fingerprint density at radius 1 is 1.38 bits per heavy atom. The lowest BCUT2D eigenvalue weighted by molar-refractivity contribution is 0.416. The summed E-state index contributed by atoms with van der Waals surface area (Å²) in [7, 11) is 0. The van der Waals surface area contributed by atoms with Crippen molar-refractivity contribution in [3.8, 4) is 23.3 Å². The van der Waals surface area contributed by atoms with Crippen molar-refractivity contribution < 1.29 is 8.94 Å². The monoisotopic (exact) mass is 217 g/mol. The minimum absolute atomic E-state index is 0.328. The summed E-state index contributed by atoms with van der Waals surface area (Å²) in [6.07, 6.45) is 2.95. The van der Waals surface area contributed by atoms with Gasteiger partial charge in [0.05, 0.1) is 6.26 Å². The van der Waals surface area contributed by atoms with Crippen molar-refractivity contribution in [2.24, 2.45) is 0 Å². The molecule has 0 bridgehead atoms. The number of aromatic nitrogens is 5. The minimum atomic E-state index is 0.328. The molecular formula is C9H7N5O2. The summed E-state index contributed by atoms with van der Waals surface area (Å²) in [5.74, 6) is 1.70. The van der Waals surface area contributed by atoms with Crippen LogP contribution >= 0.6 is 0 Å². The highest BCUT2D eigenvalue weighted by Crippen LogP contribution is 2.23. The second-order valence-electron chi connectivity index (χ2n) is 3.19. The quantitative estimate of drug-likeness (QED) is 0.697. The van der Waals surface area contributed by atoms with Gasteiger partial charge in [0.15, 0.2) is 11.6 Å². The molecule has 3 heterocycles. The number of hydrogen-bond donors (Lipinski definition) is 1. The summed E-state index contributed by atoms with van der Waals surface area (Å²) >= 11 is 0. The number of nitrogens with one attached hydrogen (secondary N) is 1. The molecule has 16 heavy (non-hydrogen) atoms. The average molecular weight is 217 g/mol. The van der Waals surface area contributed by atoms with E-state index in [0.717, 1.165) is 5.56 Å². The lowest BCUT2D eigenvalue weighted by atomic mass is 10.3. The Bertz CT molecular complexity index is 595. The number of H-pyrrole nitrogens is 1. The van der Waals surface area contributed by atoms with Crippen LogP contribution in [-0.4, -0.2) is 25.3 Å². The maximum Gasteiger partial charge on any atom is 0.294 e. The second kappa shape index (κ2) is 3.30. The number of rotatable bonds is 2. The highest BCUT2D eigenvalue weighted by Gasteiger charge is 2.16. The van der Waals surface area contributed by atoms with Crippen molar-refractivity contribution in [2.45, 2.75) is 6.92 Å². The van der Waals surface area contributed by atoms with Crippen LogP contribution in [0.1, 0.15) is 5.56 Å². The van der Waals surface area contributed by atoms with Gasteiger partial charge in [-0.1, -0.05) is 5.16 Å². The SMILES string of the molecule is Cc1ccoc1-c1nc(-c2ncn[nH]2)no1. The van der Waals surface area contributed by atoms with Gasteiger partial charge >= 0.3 is 0 Å². The van der Waals surface area contributed by atoms with E-state index in [4.69, 9.17) is 8.94 Å². The normalized spacial score (nSPS) is 10.8. The maximum atomic E-state index is 5.24. The zero-order valence-corrected chi connectivity index (χ0v) is 8.34. The second-order valence-corrected chi connectivity index (χ2v) is 3.19.